The predicted molar refractivity (Wildman–Crippen MR) is 52.8 cm³/mol. The van der Waals surface area contributed by atoms with Crippen LogP contribution in [0.15, 0.2) is 18.2 Å². The maximum absolute atomic E-state index is 5.67. The third-order valence-corrected chi connectivity index (χ3v) is 1.54. The highest BCUT2D eigenvalue weighted by atomic mass is 14.9. The molecule has 0 unspecified atom stereocenters. The molecule has 0 aliphatic heterocycles. The van der Waals surface area contributed by atoms with Crippen molar-refractivity contribution in [1.29, 1.82) is 0 Å². The van der Waals surface area contributed by atoms with Gasteiger partial charge in [-0.15, -0.1) is 0 Å². The van der Waals surface area contributed by atoms with E-state index in [1.165, 1.54) is 0 Å². The number of nitrogens with two attached hydrogens (primary N) is 3. The molecule has 4 nitrogen and oxygen atoms in total. The largest absolute Gasteiger partial charge is 0.399 e. The van der Waals surface area contributed by atoms with E-state index in [4.69, 9.17) is 17.2 Å². The van der Waals surface area contributed by atoms with Crippen LogP contribution in [0.5, 0.6) is 0 Å². The standard InChI is InChI=1S/C8H14N4/c9-3-4-12-8-5-6(10)1-2-7(8)11/h1-2,5,12H,3-4,9-11H2. The second-order valence-corrected chi connectivity index (χ2v) is 2.56. The summed E-state index contributed by atoms with van der Waals surface area (Å²) in [6.45, 7) is 1.28. The van der Waals surface area contributed by atoms with Crippen LogP contribution in [0, 0.1) is 0 Å². The third kappa shape index (κ3) is 2.03. The lowest BCUT2D eigenvalue weighted by Gasteiger charge is -2.08. The maximum Gasteiger partial charge on any atom is 0.0595 e. The first kappa shape index (κ1) is 8.67. The SMILES string of the molecule is NCCNc1cc(N)ccc1N. The lowest BCUT2D eigenvalue weighted by atomic mass is 10.2. The Labute approximate surface area is 71.7 Å². The van der Waals surface area contributed by atoms with Gasteiger partial charge in [-0.05, 0) is 18.2 Å². The highest BCUT2D eigenvalue weighted by Gasteiger charge is 1.96. The Morgan fingerprint density at radius 2 is 2.00 bits per heavy atom. The molecule has 1 aromatic carbocycles. The van der Waals surface area contributed by atoms with Gasteiger partial charge in [-0.25, -0.2) is 0 Å². The summed E-state index contributed by atoms with van der Waals surface area (Å²) in [7, 11) is 0. The molecule has 0 saturated carbocycles. The molecule has 4 heteroatoms. The predicted octanol–water partition coefficient (Wildman–Crippen LogP) is 0.222. The van der Waals surface area contributed by atoms with Crippen molar-refractivity contribution in [2.45, 2.75) is 0 Å². The summed E-state index contributed by atoms with van der Waals surface area (Å²) in [5.74, 6) is 0. The highest BCUT2D eigenvalue weighted by molar-refractivity contribution is 5.70. The van der Waals surface area contributed by atoms with E-state index in [0.717, 1.165) is 5.69 Å². The normalized spacial score (nSPS) is 9.75. The average Bonchev–Trinajstić information content (AvgIpc) is 2.07. The van der Waals surface area contributed by atoms with E-state index in [-0.39, 0.29) is 0 Å². The lowest BCUT2D eigenvalue weighted by molar-refractivity contribution is 1.03. The zero-order valence-electron chi connectivity index (χ0n) is 6.88. The van der Waals surface area contributed by atoms with E-state index in [9.17, 15) is 0 Å². The van der Waals surface area contributed by atoms with Gasteiger partial charge in [0, 0.05) is 18.8 Å². The van der Waals surface area contributed by atoms with Crippen molar-refractivity contribution in [3.05, 3.63) is 18.2 Å². The van der Waals surface area contributed by atoms with Gasteiger partial charge in [0.2, 0.25) is 0 Å². The molecule has 1 aromatic rings. The maximum atomic E-state index is 5.67. The molecule has 0 atom stereocenters. The first-order valence-corrected chi connectivity index (χ1v) is 3.83. The topological polar surface area (TPSA) is 90.1 Å². The molecular formula is C8H14N4. The van der Waals surface area contributed by atoms with Crippen LogP contribution in [0.3, 0.4) is 0 Å². The Bertz CT molecular complexity index is 259. The molecule has 66 valence electrons. The molecule has 0 aliphatic carbocycles. The monoisotopic (exact) mass is 166 g/mol. The Hall–Kier alpha value is -1.42. The van der Waals surface area contributed by atoms with Crippen molar-refractivity contribution < 1.29 is 0 Å². The Kier molecular flexibility index (Phi) is 2.76. The van der Waals surface area contributed by atoms with Crippen molar-refractivity contribution >= 4 is 17.1 Å². The highest BCUT2D eigenvalue weighted by Crippen LogP contribution is 2.20. The van der Waals surface area contributed by atoms with Crippen LogP contribution >= 0.6 is 0 Å². The minimum atomic E-state index is 0.578. The molecule has 0 radical (unpaired) electrons. The number of benzene rings is 1. The fourth-order valence-electron chi connectivity index (χ4n) is 0.934. The second kappa shape index (κ2) is 3.82. The first-order valence-electron chi connectivity index (χ1n) is 3.83. The van der Waals surface area contributed by atoms with E-state index in [0.29, 0.717) is 24.5 Å². The lowest BCUT2D eigenvalue weighted by Crippen LogP contribution is -2.14. The van der Waals surface area contributed by atoms with Gasteiger partial charge in [0.05, 0.1) is 11.4 Å². The molecule has 12 heavy (non-hydrogen) atoms. The van der Waals surface area contributed by atoms with Crippen LogP contribution in [-0.2, 0) is 0 Å². The van der Waals surface area contributed by atoms with E-state index in [1.54, 1.807) is 18.2 Å². The van der Waals surface area contributed by atoms with Crippen LogP contribution in [0.25, 0.3) is 0 Å². The molecule has 0 heterocycles. The summed E-state index contributed by atoms with van der Waals surface area (Å²) in [6.07, 6.45) is 0. The zero-order chi connectivity index (χ0) is 8.97. The van der Waals surface area contributed by atoms with Crippen LogP contribution in [-0.4, -0.2) is 13.1 Å². The van der Waals surface area contributed by atoms with Gasteiger partial charge < -0.3 is 22.5 Å². The number of rotatable bonds is 3. The van der Waals surface area contributed by atoms with Crippen molar-refractivity contribution in [1.82, 2.24) is 0 Å². The fraction of sp³-hybridized carbons (Fsp3) is 0.250. The average molecular weight is 166 g/mol. The molecule has 0 saturated heterocycles. The number of anilines is 3. The number of hydrogen-bond acceptors (Lipinski definition) is 4. The number of nitrogens with one attached hydrogen (secondary N) is 1. The van der Waals surface area contributed by atoms with Gasteiger partial charge in [-0.3, -0.25) is 0 Å². The quantitative estimate of drug-likeness (QED) is 0.483. The summed E-state index contributed by atoms with van der Waals surface area (Å²) in [5, 5.41) is 3.07. The van der Waals surface area contributed by atoms with Gasteiger partial charge in [0.15, 0.2) is 0 Å². The van der Waals surface area contributed by atoms with Gasteiger partial charge in [-0.2, -0.15) is 0 Å². The van der Waals surface area contributed by atoms with Crippen molar-refractivity contribution in [3.63, 3.8) is 0 Å². The summed E-state index contributed by atoms with van der Waals surface area (Å²) in [6, 6.07) is 5.34. The second-order valence-electron chi connectivity index (χ2n) is 2.56. The van der Waals surface area contributed by atoms with Crippen molar-refractivity contribution in [2.75, 3.05) is 29.9 Å². The van der Waals surface area contributed by atoms with Crippen molar-refractivity contribution in [3.8, 4) is 0 Å². The smallest absolute Gasteiger partial charge is 0.0595 e. The molecule has 0 aliphatic rings. The number of hydrogen-bond donors (Lipinski definition) is 4. The molecule has 0 fully saturated rings. The minimum Gasteiger partial charge on any atom is -0.399 e. The third-order valence-electron chi connectivity index (χ3n) is 1.54. The van der Waals surface area contributed by atoms with Crippen LogP contribution in [0.1, 0.15) is 0 Å². The van der Waals surface area contributed by atoms with Crippen LogP contribution in [0.4, 0.5) is 17.1 Å². The minimum absolute atomic E-state index is 0.578. The van der Waals surface area contributed by atoms with Crippen LogP contribution < -0.4 is 22.5 Å². The van der Waals surface area contributed by atoms with Gasteiger partial charge in [-0.1, -0.05) is 0 Å². The molecule has 1 rings (SSSR count). The molecular weight excluding hydrogens is 152 g/mol. The summed E-state index contributed by atoms with van der Waals surface area (Å²) in [4.78, 5) is 0. The molecule has 0 bridgehead atoms. The zero-order valence-corrected chi connectivity index (χ0v) is 6.88. The number of nitrogen functional groups attached to an aromatic ring is 2. The van der Waals surface area contributed by atoms with E-state index >= 15 is 0 Å². The van der Waals surface area contributed by atoms with E-state index in [2.05, 4.69) is 5.32 Å². The van der Waals surface area contributed by atoms with E-state index < -0.39 is 0 Å². The summed E-state index contributed by atoms with van der Waals surface area (Å²) < 4.78 is 0. The Morgan fingerprint density at radius 3 is 2.67 bits per heavy atom. The van der Waals surface area contributed by atoms with Gasteiger partial charge >= 0.3 is 0 Å². The molecule has 7 N–H and O–H groups in total. The molecule has 0 aromatic heterocycles. The molecule has 0 amide bonds. The molecule has 0 spiro atoms. The summed E-state index contributed by atoms with van der Waals surface area (Å²) in [5.41, 5.74) is 18.8. The summed E-state index contributed by atoms with van der Waals surface area (Å²) >= 11 is 0. The van der Waals surface area contributed by atoms with Gasteiger partial charge in [0.1, 0.15) is 0 Å². The van der Waals surface area contributed by atoms with E-state index in [1.807, 2.05) is 0 Å². The van der Waals surface area contributed by atoms with Crippen LogP contribution in [0.2, 0.25) is 0 Å². The Morgan fingerprint density at radius 1 is 1.25 bits per heavy atom. The first-order chi connectivity index (χ1) is 5.74. The van der Waals surface area contributed by atoms with Gasteiger partial charge in [0.25, 0.3) is 0 Å². The van der Waals surface area contributed by atoms with Crippen molar-refractivity contribution in [2.24, 2.45) is 5.73 Å². The fourth-order valence-corrected chi connectivity index (χ4v) is 0.934. The Balaban J connectivity index is 2.75.